The van der Waals surface area contributed by atoms with Gasteiger partial charge >= 0.3 is 0 Å². The van der Waals surface area contributed by atoms with Crippen LogP contribution in [0.5, 0.6) is 0 Å². The van der Waals surface area contributed by atoms with Gasteiger partial charge in [-0.25, -0.2) is 9.97 Å². The molecule has 2 atom stereocenters. The van der Waals surface area contributed by atoms with Crippen LogP contribution in [-0.2, 0) is 11.3 Å². The first-order valence-electron chi connectivity index (χ1n) is 8.50. The molecule has 1 aliphatic carbocycles. The molecule has 144 valence electrons. The van der Waals surface area contributed by atoms with Gasteiger partial charge in [-0.1, -0.05) is 18.9 Å². The Kier molecular flexibility index (Phi) is 8.06. The van der Waals surface area contributed by atoms with Crippen LogP contribution >= 0.6 is 24.8 Å². The zero-order valence-corrected chi connectivity index (χ0v) is 16.8. The van der Waals surface area contributed by atoms with E-state index in [9.17, 15) is 4.79 Å². The summed E-state index contributed by atoms with van der Waals surface area (Å²) < 4.78 is 1.93. The van der Waals surface area contributed by atoms with E-state index in [1.807, 2.05) is 36.7 Å². The minimum Gasteiger partial charge on any atom is -0.352 e. The lowest BCUT2D eigenvalue weighted by atomic mass is 9.74. The monoisotopic (exact) mass is 399 g/mol. The molecular formula is C18H27Cl2N5O. The molecule has 6 nitrogen and oxygen atoms in total. The van der Waals surface area contributed by atoms with Gasteiger partial charge in [-0.3, -0.25) is 9.36 Å². The Hall–Kier alpha value is -1.63. The fraction of sp³-hybridized carbons (Fsp3) is 0.500. The minimum atomic E-state index is -0.416. The van der Waals surface area contributed by atoms with Crippen LogP contribution in [0.2, 0.25) is 0 Å². The molecule has 2 heterocycles. The van der Waals surface area contributed by atoms with Crippen molar-refractivity contribution in [2.24, 2.45) is 11.7 Å². The van der Waals surface area contributed by atoms with E-state index in [0.717, 1.165) is 42.9 Å². The first-order valence-corrected chi connectivity index (χ1v) is 8.50. The molecule has 0 radical (unpaired) electrons. The third kappa shape index (κ3) is 4.75. The topological polar surface area (TPSA) is 85.8 Å². The molecule has 1 aliphatic rings. The maximum absolute atomic E-state index is 12.6. The van der Waals surface area contributed by atoms with Crippen molar-refractivity contribution in [1.29, 1.82) is 0 Å². The lowest BCUT2D eigenvalue weighted by Crippen LogP contribution is -2.52. The molecule has 0 saturated heterocycles. The Bertz CT molecular complexity index is 732. The molecule has 0 aliphatic heterocycles. The summed E-state index contributed by atoms with van der Waals surface area (Å²) in [6.07, 6.45) is 9.30. The number of carbonyl (C=O) groups is 1. The molecule has 2 unspecified atom stereocenters. The predicted octanol–water partition coefficient (Wildman–Crippen LogP) is 2.94. The molecule has 0 bridgehead atoms. The second-order valence-electron chi connectivity index (χ2n) is 6.85. The summed E-state index contributed by atoms with van der Waals surface area (Å²) in [6.45, 7) is 4.35. The second-order valence-corrected chi connectivity index (χ2v) is 6.85. The number of halogens is 2. The second kappa shape index (κ2) is 9.35. The summed E-state index contributed by atoms with van der Waals surface area (Å²) in [5, 5.41) is 3.05. The SMILES string of the molecule is Cc1nccn1-c1ncccc1CNC(=O)C1CCCCC1(C)N.Cl.Cl. The van der Waals surface area contributed by atoms with Crippen LogP contribution in [0.3, 0.4) is 0 Å². The fourth-order valence-corrected chi connectivity index (χ4v) is 3.48. The van der Waals surface area contributed by atoms with Gasteiger partial charge in [-0.15, -0.1) is 24.8 Å². The van der Waals surface area contributed by atoms with E-state index in [4.69, 9.17) is 5.73 Å². The number of nitrogens with zero attached hydrogens (tertiary/aromatic N) is 3. The van der Waals surface area contributed by atoms with Crippen molar-refractivity contribution < 1.29 is 4.79 Å². The summed E-state index contributed by atoms with van der Waals surface area (Å²) >= 11 is 0. The molecule has 0 spiro atoms. The quantitative estimate of drug-likeness (QED) is 0.826. The van der Waals surface area contributed by atoms with Gasteiger partial charge in [0.25, 0.3) is 0 Å². The molecule has 3 N–H and O–H groups in total. The van der Waals surface area contributed by atoms with Gasteiger partial charge < -0.3 is 11.1 Å². The van der Waals surface area contributed by atoms with E-state index >= 15 is 0 Å². The third-order valence-corrected chi connectivity index (χ3v) is 4.95. The van der Waals surface area contributed by atoms with Crippen molar-refractivity contribution in [3.8, 4) is 5.82 Å². The van der Waals surface area contributed by atoms with Gasteiger partial charge in [0.2, 0.25) is 5.91 Å². The average molecular weight is 400 g/mol. The molecule has 1 fully saturated rings. The highest BCUT2D eigenvalue weighted by atomic mass is 35.5. The molecule has 1 saturated carbocycles. The predicted molar refractivity (Wildman–Crippen MR) is 107 cm³/mol. The minimum absolute atomic E-state index is 0. The zero-order chi connectivity index (χ0) is 17.2. The van der Waals surface area contributed by atoms with Crippen LogP contribution in [0.4, 0.5) is 0 Å². The molecule has 3 rings (SSSR count). The van der Waals surface area contributed by atoms with Gasteiger partial charge in [0, 0.05) is 36.2 Å². The molecule has 0 aromatic carbocycles. The number of hydrogen-bond donors (Lipinski definition) is 2. The number of imidazole rings is 1. The Balaban J connectivity index is 0.00000169. The number of hydrogen-bond acceptors (Lipinski definition) is 4. The van der Waals surface area contributed by atoms with E-state index in [1.54, 1.807) is 12.4 Å². The Morgan fingerprint density at radius 3 is 2.77 bits per heavy atom. The van der Waals surface area contributed by atoms with E-state index in [0.29, 0.717) is 6.54 Å². The van der Waals surface area contributed by atoms with Gasteiger partial charge in [0.1, 0.15) is 11.6 Å². The third-order valence-electron chi connectivity index (χ3n) is 4.95. The van der Waals surface area contributed by atoms with Crippen LogP contribution in [0, 0.1) is 12.8 Å². The lowest BCUT2D eigenvalue weighted by Gasteiger charge is -2.37. The Morgan fingerprint density at radius 2 is 2.12 bits per heavy atom. The summed E-state index contributed by atoms with van der Waals surface area (Å²) in [7, 11) is 0. The van der Waals surface area contributed by atoms with Crippen LogP contribution < -0.4 is 11.1 Å². The van der Waals surface area contributed by atoms with E-state index < -0.39 is 5.54 Å². The van der Waals surface area contributed by atoms with Crippen molar-refractivity contribution in [3.05, 3.63) is 42.1 Å². The highest BCUT2D eigenvalue weighted by molar-refractivity contribution is 5.85. The van der Waals surface area contributed by atoms with Crippen molar-refractivity contribution in [1.82, 2.24) is 19.9 Å². The van der Waals surface area contributed by atoms with E-state index in [-0.39, 0.29) is 36.6 Å². The molecule has 1 amide bonds. The fourth-order valence-electron chi connectivity index (χ4n) is 3.48. The first-order chi connectivity index (χ1) is 11.5. The number of nitrogens with two attached hydrogens (primary N) is 1. The number of aromatic nitrogens is 3. The van der Waals surface area contributed by atoms with Crippen LogP contribution in [-0.4, -0.2) is 26.0 Å². The van der Waals surface area contributed by atoms with E-state index in [2.05, 4.69) is 15.3 Å². The van der Waals surface area contributed by atoms with Crippen molar-refractivity contribution in [2.45, 2.75) is 51.6 Å². The van der Waals surface area contributed by atoms with E-state index in [1.165, 1.54) is 0 Å². The summed E-state index contributed by atoms with van der Waals surface area (Å²) in [5.74, 6) is 1.58. The average Bonchev–Trinajstić information content (AvgIpc) is 2.98. The zero-order valence-electron chi connectivity index (χ0n) is 15.1. The number of amides is 1. The highest BCUT2D eigenvalue weighted by Crippen LogP contribution is 2.31. The van der Waals surface area contributed by atoms with Crippen LogP contribution in [0.25, 0.3) is 5.82 Å². The maximum atomic E-state index is 12.6. The lowest BCUT2D eigenvalue weighted by molar-refractivity contribution is -0.128. The standard InChI is InChI=1S/C18H25N5O.2ClH/c1-13-20-10-11-23(13)16-14(6-5-9-21-16)12-22-17(24)15-7-3-4-8-18(15,2)19;;/h5-6,9-11,15H,3-4,7-8,12,19H2,1-2H3,(H,22,24);2*1H. The number of carbonyl (C=O) groups excluding carboxylic acids is 1. The summed E-state index contributed by atoms with van der Waals surface area (Å²) in [5.41, 5.74) is 6.88. The van der Waals surface area contributed by atoms with Gasteiger partial charge in [0.05, 0.1) is 5.92 Å². The Morgan fingerprint density at radius 1 is 1.35 bits per heavy atom. The van der Waals surface area contributed by atoms with Gasteiger partial charge in [0.15, 0.2) is 0 Å². The molecule has 2 aromatic heterocycles. The molecule has 26 heavy (non-hydrogen) atoms. The normalized spacial score (nSPS) is 22.0. The maximum Gasteiger partial charge on any atom is 0.225 e. The van der Waals surface area contributed by atoms with Crippen molar-refractivity contribution >= 4 is 30.7 Å². The van der Waals surface area contributed by atoms with Gasteiger partial charge in [-0.2, -0.15) is 0 Å². The van der Waals surface area contributed by atoms with Crippen LogP contribution in [0.15, 0.2) is 30.7 Å². The summed E-state index contributed by atoms with van der Waals surface area (Å²) in [4.78, 5) is 21.3. The smallest absolute Gasteiger partial charge is 0.225 e. The number of nitrogens with one attached hydrogen (secondary N) is 1. The number of rotatable bonds is 4. The van der Waals surface area contributed by atoms with Crippen molar-refractivity contribution in [3.63, 3.8) is 0 Å². The summed E-state index contributed by atoms with van der Waals surface area (Å²) in [6, 6.07) is 3.86. The first kappa shape index (κ1) is 22.4. The van der Waals surface area contributed by atoms with Crippen molar-refractivity contribution in [2.75, 3.05) is 0 Å². The molecular weight excluding hydrogens is 373 g/mol. The van der Waals surface area contributed by atoms with Crippen LogP contribution in [0.1, 0.15) is 44.0 Å². The van der Waals surface area contributed by atoms with Gasteiger partial charge in [-0.05, 0) is 32.8 Å². The molecule has 2 aromatic rings. The number of pyridine rings is 1. The highest BCUT2D eigenvalue weighted by Gasteiger charge is 2.37. The molecule has 8 heteroatoms. The number of aryl methyl sites for hydroxylation is 1. The largest absolute Gasteiger partial charge is 0.352 e. The Labute approximate surface area is 166 Å².